The highest BCUT2D eigenvalue weighted by Crippen LogP contribution is 2.44. The molecule has 1 atom stereocenters. The molecule has 0 amide bonds. The van der Waals surface area contributed by atoms with Gasteiger partial charge in [0.25, 0.3) is 0 Å². The molecule has 6 rings (SSSR count). The fourth-order valence-electron chi connectivity index (χ4n) is 9.23. The molecule has 3 aromatic carbocycles. The minimum Gasteiger partial charge on any atom is -0.0588 e. The standard InChI is InChI=1S/C43H58/c1-30-20-23-37(34-14-8-5-9-15-34)27-40(30)33(4)26-43(41-28-38(24-21-31(41)2)35-16-10-6-11-17-35)42-29-39(25-22-32(42)3)36-18-12-7-13-19-36/h20-25,27-29,33-36,43H,5-19,26H2,1-4H3. The zero-order valence-corrected chi connectivity index (χ0v) is 27.9. The molecule has 0 bridgehead atoms. The van der Waals surface area contributed by atoms with Gasteiger partial charge in [-0.15, -0.1) is 0 Å². The topological polar surface area (TPSA) is 0 Å². The van der Waals surface area contributed by atoms with Crippen molar-refractivity contribution < 1.29 is 0 Å². The molecule has 0 aromatic heterocycles. The monoisotopic (exact) mass is 574 g/mol. The summed E-state index contributed by atoms with van der Waals surface area (Å²) < 4.78 is 0. The average Bonchev–Trinajstić information content (AvgIpc) is 3.06. The van der Waals surface area contributed by atoms with Gasteiger partial charge in [0, 0.05) is 5.92 Å². The molecule has 43 heavy (non-hydrogen) atoms. The molecular weight excluding hydrogens is 516 g/mol. The number of hydrogen-bond donors (Lipinski definition) is 0. The first-order valence-electron chi connectivity index (χ1n) is 18.3. The second-order valence-corrected chi connectivity index (χ2v) is 15.0. The number of benzene rings is 3. The Labute approximate surface area is 264 Å². The van der Waals surface area contributed by atoms with E-state index in [1.165, 1.54) is 119 Å². The molecule has 3 aromatic rings. The van der Waals surface area contributed by atoms with Crippen molar-refractivity contribution in [3.05, 3.63) is 105 Å². The van der Waals surface area contributed by atoms with Crippen molar-refractivity contribution in [1.29, 1.82) is 0 Å². The minimum atomic E-state index is 0.430. The third-order valence-electron chi connectivity index (χ3n) is 12.0. The van der Waals surface area contributed by atoms with Gasteiger partial charge < -0.3 is 0 Å². The Kier molecular flexibility index (Phi) is 10.1. The molecule has 3 fully saturated rings. The molecule has 0 radical (unpaired) electrons. The summed E-state index contributed by atoms with van der Waals surface area (Å²) in [6, 6.07) is 22.7. The molecule has 0 heterocycles. The normalized spacial score (nSPS) is 20.0. The van der Waals surface area contributed by atoms with E-state index in [1.807, 2.05) is 0 Å². The van der Waals surface area contributed by atoms with Crippen LogP contribution in [0.2, 0.25) is 0 Å². The van der Waals surface area contributed by atoms with Crippen LogP contribution in [0.5, 0.6) is 0 Å². The third kappa shape index (κ3) is 7.16. The van der Waals surface area contributed by atoms with Gasteiger partial charge in [0.05, 0.1) is 0 Å². The second-order valence-electron chi connectivity index (χ2n) is 15.0. The van der Waals surface area contributed by atoms with Gasteiger partial charge in [-0.2, -0.15) is 0 Å². The summed E-state index contributed by atoms with van der Waals surface area (Å²) in [6.07, 6.45) is 22.0. The summed E-state index contributed by atoms with van der Waals surface area (Å²) in [7, 11) is 0. The zero-order valence-electron chi connectivity index (χ0n) is 27.9. The predicted octanol–water partition coefficient (Wildman–Crippen LogP) is 13.1. The van der Waals surface area contributed by atoms with Crippen LogP contribution in [-0.4, -0.2) is 0 Å². The van der Waals surface area contributed by atoms with Crippen LogP contribution in [0.15, 0.2) is 54.6 Å². The van der Waals surface area contributed by atoms with E-state index in [0.717, 1.165) is 17.8 Å². The van der Waals surface area contributed by atoms with Crippen LogP contribution in [0.25, 0.3) is 0 Å². The maximum absolute atomic E-state index is 2.67. The van der Waals surface area contributed by atoms with Crippen molar-refractivity contribution in [2.45, 2.75) is 160 Å². The van der Waals surface area contributed by atoms with Crippen LogP contribution in [0.4, 0.5) is 0 Å². The summed E-state index contributed by atoms with van der Waals surface area (Å²) in [5.74, 6) is 3.20. The Balaban J connectivity index is 1.39. The lowest BCUT2D eigenvalue weighted by Gasteiger charge is -2.30. The van der Waals surface area contributed by atoms with Gasteiger partial charge in [0.2, 0.25) is 0 Å². The van der Waals surface area contributed by atoms with Crippen LogP contribution in [-0.2, 0) is 0 Å². The van der Waals surface area contributed by atoms with E-state index >= 15 is 0 Å². The summed E-state index contributed by atoms with van der Waals surface area (Å²) in [5, 5.41) is 0. The van der Waals surface area contributed by atoms with Crippen molar-refractivity contribution in [1.82, 2.24) is 0 Å². The summed E-state index contributed by atoms with van der Waals surface area (Å²) >= 11 is 0. The molecular formula is C43H58. The summed E-state index contributed by atoms with van der Waals surface area (Å²) in [4.78, 5) is 0. The van der Waals surface area contributed by atoms with Gasteiger partial charge >= 0.3 is 0 Å². The average molecular weight is 575 g/mol. The maximum atomic E-state index is 2.67. The van der Waals surface area contributed by atoms with Crippen molar-refractivity contribution in [3.8, 4) is 0 Å². The largest absolute Gasteiger partial charge is 0.0588 e. The van der Waals surface area contributed by atoms with Gasteiger partial charge in [0.15, 0.2) is 0 Å². The fourth-order valence-corrected chi connectivity index (χ4v) is 9.23. The van der Waals surface area contributed by atoms with Crippen molar-refractivity contribution in [2.24, 2.45) is 0 Å². The highest BCUT2D eigenvalue weighted by atomic mass is 14.3. The van der Waals surface area contributed by atoms with E-state index in [9.17, 15) is 0 Å². The summed E-state index contributed by atoms with van der Waals surface area (Å²) in [6.45, 7) is 9.65. The minimum absolute atomic E-state index is 0.430. The Bertz CT molecular complexity index is 1270. The van der Waals surface area contributed by atoms with Crippen molar-refractivity contribution in [3.63, 3.8) is 0 Å². The van der Waals surface area contributed by atoms with E-state index in [1.54, 1.807) is 33.4 Å². The maximum Gasteiger partial charge on any atom is 0.0100 e. The van der Waals surface area contributed by atoms with E-state index in [4.69, 9.17) is 0 Å². The number of aryl methyl sites for hydroxylation is 3. The molecule has 0 spiro atoms. The summed E-state index contributed by atoms with van der Waals surface area (Å²) in [5.41, 5.74) is 14.0. The molecule has 3 aliphatic rings. The first-order chi connectivity index (χ1) is 21.0. The van der Waals surface area contributed by atoms with E-state index < -0.39 is 0 Å². The molecule has 0 heteroatoms. The molecule has 0 nitrogen and oxygen atoms in total. The molecule has 3 aliphatic carbocycles. The molecule has 0 aliphatic heterocycles. The Morgan fingerprint density at radius 1 is 0.465 bits per heavy atom. The highest BCUT2D eigenvalue weighted by Gasteiger charge is 2.27. The van der Waals surface area contributed by atoms with Crippen LogP contribution >= 0.6 is 0 Å². The molecule has 230 valence electrons. The quantitative estimate of drug-likeness (QED) is 0.251. The molecule has 0 saturated heterocycles. The van der Waals surface area contributed by atoms with Gasteiger partial charge in [-0.25, -0.2) is 0 Å². The lowest BCUT2D eigenvalue weighted by Crippen LogP contribution is -2.13. The van der Waals surface area contributed by atoms with Gasteiger partial charge in [-0.1, -0.05) is 119 Å². The molecule has 1 unspecified atom stereocenters. The number of rotatable bonds is 8. The predicted molar refractivity (Wildman–Crippen MR) is 186 cm³/mol. The van der Waals surface area contributed by atoms with Gasteiger partial charge in [-0.05, 0) is 139 Å². The van der Waals surface area contributed by atoms with Crippen LogP contribution in [0, 0.1) is 20.8 Å². The Hall–Kier alpha value is -2.34. The second kappa shape index (κ2) is 14.2. The number of hydrogen-bond acceptors (Lipinski definition) is 0. The van der Waals surface area contributed by atoms with Crippen molar-refractivity contribution in [2.75, 3.05) is 0 Å². The van der Waals surface area contributed by atoms with E-state index in [2.05, 4.69) is 82.3 Å². The van der Waals surface area contributed by atoms with E-state index in [0.29, 0.717) is 11.8 Å². The zero-order chi connectivity index (χ0) is 29.8. The van der Waals surface area contributed by atoms with Gasteiger partial charge in [-0.3, -0.25) is 0 Å². The molecule has 3 saturated carbocycles. The molecule has 0 N–H and O–H groups in total. The Morgan fingerprint density at radius 3 is 1.16 bits per heavy atom. The highest BCUT2D eigenvalue weighted by molar-refractivity contribution is 5.46. The SMILES string of the molecule is Cc1ccc(C2CCCCC2)cc1C(C)CC(c1cc(C2CCCCC2)ccc1C)c1cc(C2CCCCC2)ccc1C. The fraction of sp³-hybridized carbons (Fsp3) is 0.581. The first-order valence-corrected chi connectivity index (χ1v) is 18.3. The lowest BCUT2D eigenvalue weighted by atomic mass is 9.74. The van der Waals surface area contributed by atoms with Crippen LogP contribution in [0.3, 0.4) is 0 Å². The van der Waals surface area contributed by atoms with E-state index in [-0.39, 0.29) is 0 Å². The lowest BCUT2D eigenvalue weighted by molar-refractivity contribution is 0.442. The van der Waals surface area contributed by atoms with Crippen LogP contribution in [0.1, 0.15) is 189 Å². The third-order valence-corrected chi connectivity index (χ3v) is 12.0. The smallest absolute Gasteiger partial charge is 0.0100 e. The first kappa shape index (κ1) is 30.7. The van der Waals surface area contributed by atoms with Crippen LogP contribution < -0.4 is 0 Å². The van der Waals surface area contributed by atoms with Crippen molar-refractivity contribution >= 4 is 0 Å². The Morgan fingerprint density at radius 2 is 0.791 bits per heavy atom. The van der Waals surface area contributed by atoms with Gasteiger partial charge in [0.1, 0.15) is 0 Å².